The highest BCUT2D eigenvalue weighted by Gasteiger charge is 2.19. The summed E-state index contributed by atoms with van der Waals surface area (Å²) in [6, 6.07) is 0. The summed E-state index contributed by atoms with van der Waals surface area (Å²) in [6.45, 7) is 6.42. The first kappa shape index (κ1) is 56.9. The fourth-order valence-corrected chi connectivity index (χ4v) is 6.66. The average molecular weight is 837 g/mol. The molecule has 0 N–H and O–H groups in total. The van der Waals surface area contributed by atoms with Crippen LogP contribution in [-0.4, -0.2) is 37.2 Å². The van der Waals surface area contributed by atoms with Gasteiger partial charge in [0, 0.05) is 19.3 Å². The minimum absolute atomic E-state index is 0.0894. The van der Waals surface area contributed by atoms with Gasteiger partial charge >= 0.3 is 17.9 Å². The number of esters is 3. The van der Waals surface area contributed by atoms with Crippen LogP contribution >= 0.6 is 0 Å². The van der Waals surface area contributed by atoms with Gasteiger partial charge in [0.05, 0.1) is 0 Å². The summed E-state index contributed by atoms with van der Waals surface area (Å²) in [5, 5.41) is 0. The lowest BCUT2D eigenvalue weighted by Crippen LogP contribution is -2.30. The summed E-state index contributed by atoms with van der Waals surface area (Å²) in [5.74, 6) is -0.924. The van der Waals surface area contributed by atoms with Crippen molar-refractivity contribution in [2.75, 3.05) is 13.2 Å². The van der Waals surface area contributed by atoms with Crippen molar-refractivity contribution in [3.8, 4) is 0 Å². The normalized spacial score (nSPS) is 12.7. The lowest BCUT2D eigenvalue weighted by atomic mass is 10.1. The second-order valence-electron chi connectivity index (χ2n) is 16.4. The Kier molecular flexibility index (Phi) is 46.0. The summed E-state index contributed by atoms with van der Waals surface area (Å²) in [4.78, 5) is 37.9. The number of ether oxygens (including phenoxy) is 3. The van der Waals surface area contributed by atoms with Crippen molar-refractivity contribution in [1.29, 1.82) is 0 Å². The Morgan fingerprint density at radius 3 is 1.18 bits per heavy atom. The van der Waals surface area contributed by atoms with Gasteiger partial charge in [0.15, 0.2) is 6.10 Å². The van der Waals surface area contributed by atoms with Crippen LogP contribution in [0, 0.1) is 0 Å². The summed E-state index contributed by atoms with van der Waals surface area (Å²) in [6.07, 6.45) is 60.2. The van der Waals surface area contributed by atoms with Crippen LogP contribution in [0.4, 0.5) is 0 Å². The van der Waals surface area contributed by atoms with Crippen molar-refractivity contribution in [3.63, 3.8) is 0 Å². The molecular formula is C54H92O6. The monoisotopic (exact) mass is 837 g/mol. The first-order valence-corrected chi connectivity index (χ1v) is 25.0. The number of carbonyl (C=O) groups excluding carboxylic acids is 3. The smallest absolute Gasteiger partial charge is 0.306 e. The lowest BCUT2D eigenvalue weighted by molar-refractivity contribution is -0.167. The van der Waals surface area contributed by atoms with Gasteiger partial charge in [-0.15, -0.1) is 0 Å². The minimum atomic E-state index is -0.789. The molecule has 0 aromatic carbocycles. The van der Waals surface area contributed by atoms with Crippen molar-refractivity contribution in [2.24, 2.45) is 0 Å². The van der Waals surface area contributed by atoms with Gasteiger partial charge in [0.25, 0.3) is 0 Å². The molecule has 0 fully saturated rings. The van der Waals surface area contributed by atoms with Crippen molar-refractivity contribution >= 4 is 17.9 Å². The highest BCUT2D eigenvalue weighted by molar-refractivity contribution is 5.71. The quantitative estimate of drug-likeness (QED) is 0.0200. The Morgan fingerprint density at radius 2 is 0.717 bits per heavy atom. The Morgan fingerprint density at radius 1 is 0.367 bits per heavy atom. The second-order valence-corrected chi connectivity index (χ2v) is 16.4. The molecule has 1 unspecified atom stereocenters. The summed E-state index contributed by atoms with van der Waals surface area (Å²) in [7, 11) is 0. The van der Waals surface area contributed by atoms with E-state index in [0.29, 0.717) is 19.3 Å². The molecule has 0 spiro atoms. The second kappa shape index (κ2) is 48.5. The molecule has 0 amide bonds. The third-order valence-corrected chi connectivity index (χ3v) is 10.4. The summed E-state index contributed by atoms with van der Waals surface area (Å²) >= 11 is 0. The average Bonchev–Trinajstić information content (AvgIpc) is 3.24. The molecule has 60 heavy (non-hydrogen) atoms. The third kappa shape index (κ3) is 45.9. The highest BCUT2D eigenvalue weighted by atomic mass is 16.6. The molecule has 0 radical (unpaired) electrons. The number of carbonyl (C=O) groups is 3. The predicted octanol–water partition coefficient (Wildman–Crippen LogP) is 16.3. The van der Waals surface area contributed by atoms with Gasteiger partial charge in [0.2, 0.25) is 0 Å². The highest BCUT2D eigenvalue weighted by Crippen LogP contribution is 2.14. The van der Waals surface area contributed by atoms with Crippen molar-refractivity contribution in [3.05, 3.63) is 72.9 Å². The molecule has 344 valence electrons. The molecule has 1 atom stereocenters. The van der Waals surface area contributed by atoms with E-state index in [1.165, 1.54) is 89.9 Å². The van der Waals surface area contributed by atoms with Crippen LogP contribution in [0.5, 0.6) is 0 Å². The van der Waals surface area contributed by atoms with Gasteiger partial charge in [-0.25, -0.2) is 0 Å². The Labute approximate surface area is 370 Å². The van der Waals surface area contributed by atoms with E-state index in [1.807, 2.05) is 0 Å². The lowest BCUT2D eigenvalue weighted by Gasteiger charge is -2.18. The molecule has 0 aliphatic rings. The van der Waals surface area contributed by atoms with E-state index in [-0.39, 0.29) is 31.1 Å². The molecule has 0 aromatic heterocycles. The maximum atomic E-state index is 12.8. The van der Waals surface area contributed by atoms with Crippen molar-refractivity contribution in [2.45, 2.75) is 239 Å². The van der Waals surface area contributed by atoms with Crippen LogP contribution < -0.4 is 0 Å². The molecule has 6 heteroatoms. The van der Waals surface area contributed by atoms with E-state index in [0.717, 1.165) is 103 Å². The van der Waals surface area contributed by atoms with Gasteiger partial charge in [0.1, 0.15) is 13.2 Å². The van der Waals surface area contributed by atoms with Crippen molar-refractivity contribution < 1.29 is 28.6 Å². The number of rotatable bonds is 44. The maximum absolute atomic E-state index is 12.8. The van der Waals surface area contributed by atoms with Gasteiger partial charge in [-0.2, -0.15) is 0 Å². The summed E-state index contributed by atoms with van der Waals surface area (Å²) < 4.78 is 16.7. The van der Waals surface area contributed by atoms with Crippen LogP contribution in [0.15, 0.2) is 72.9 Å². The molecule has 0 aliphatic carbocycles. The van der Waals surface area contributed by atoms with E-state index in [9.17, 15) is 14.4 Å². The van der Waals surface area contributed by atoms with Gasteiger partial charge in [-0.3, -0.25) is 14.4 Å². The molecule has 0 saturated heterocycles. The fourth-order valence-electron chi connectivity index (χ4n) is 6.66. The van der Waals surface area contributed by atoms with Crippen LogP contribution in [0.2, 0.25) is 0 Å². The molecule has 6 nitrogen and oxygen atoms in total. The molecule has 0 heterocycles. The number of hydrogen-bond acceptors (Lipinski definition) is 6. The molecule has 0 saturated carbocycles. The van der Waals surface area contributed by atoms with Gasteiger partial charge in [-0.1, -0.05) is 190 Å². The Bertz CT molecular complexity index is 1140. The zero-order valence-corrected chi connectivity index (χ0v) is 39.2. The van der Waals surface area contributed by atoms with Crippen LogP contribution in [0.25, 0.3) is 0 Å². The number of unbranched alkanes of at least 4 members (excludes halogenated alkanes) is 22. The first-order valence-electron chi connectivity index (χ1n) is 25.0. The Hall–Kier alpha value is -3.15. The zero-order valence-electron chi connectivity index (χ0n) is 39.2. The molecule has 0 aliphatic heterocycles. The fraction of sp³-hybridized carbons (Fsp3) is 0.722. The molecule has 0 aromatic rings. The van der Waals surface area contributed by atoms with Crippen LogP contribution in [0.1, 0.15) is 233 Å². The predicted molar refractivity (Wildman–Crippen MR) is 256 cm³/mol. The van der Waals surface area contributed by atoms with Crippen LogP contribution in [-0.2, 0) is 28.6 Å². The molecular weight excluding hydrogens is 745 g/mol. The SMILES string of the molecule is CC/C=C\C/C=C\C/C=C\CCCCCCCCC(=O)OCC(COC(=O)CCCCCCC/C=C\CCCC)OC(=O)CCCCCCCC/C=C\C=C/CCCCC. The molecule has 0 rings (SSSR count). The maximum Gasteiger partial charge on any atom is 0.306 e. The number of allylic oxidation sites excluding steroid dienone is 12. The number of hydrogen-bond donors (Lipinski definition) is 0. The van der Waals surface area contributed by atoms with E-state index in [2.05, 4.69) is 93.7 Å². The van der Waals surface area contributed by atoms with E-state index in [1.54, 1.807) is 0 Å². The topological polar surface area (TPSA) is 78.9 Å². The minimum Gasteiger partial charge on any atom is -0.462 e. The van der Waals surface area contributed by atoms with Gasteiger partial charge in [-0.05, 0) is 96.3 Å². The largest absolute Gasteiger partial charge is 0.462 e. The zero-order chi connectivity index (χ0) is 43.7. The van der Waals surface area contributed by atoms with Crippen LogP contribution in [0.3, 0.4) is 0 Å². The first-order chi connectivity index (χ1) is 29.5. The van der Waals surface area contributed by atoms with E-state index < -0.39 is 6.10 Å². The molecule has 0 bridgehead atoms. The summed E-state index contributed by atoms with van der Waals surface area (Å²) in [5.41, 5.74) is 0. The standard InChI is InChI=1S/C54H92O6/c1-4-7-10-13-16-19-22-24-26-28-29-32-35-38-41-44-47-53(56)59-50-51(49-58-52(55)46-43-40-37-34-31-21-18-15-12-9-6-3)60-54(57)48-45-42-39-36-33-30-27-25-23-20-17-14-11-8-5-2/h7,10,15-20,23-26,51H,4-6,8-9,11-14,21-22,27-50H2,1-3H3/b10-7-,18-15-,19-16-,20-17-,25-23-,26-24-. The van der Waals surface area contributed by atoms with Crippen molar-refractivity contribution in [1.82, 2.24) is 0 Å². The third-order valence-electron chi connectivity index (χ3n) is 10.4. The van der Waals surface area contributed by atoms with E-state index in [4.69, 9.17) is 14.2 Å². The Balaban J connectivity index is 4.42. The van der Waals surface area contributed by atoms with E-state index >= 15 is 0 Å². The van der Waals surface area contributed by atoms with Gasteiger partial charge < -0.3 is 14.2 Å².